The van der Waals surface area contributed by atoms with Crippen LogP contribution in [0, 0.1) is 0 Å². The quantitative estimate of drug-likeness (QED) is 0.0211. The van der Waals surface area contributed by atoms with E-state index in [1.165, 1.54) is 154 Å². The molecule has 0 aromatic carbocycles. The SMILES string of the molecule is CCCCCCCCCCCCCCCCCCC/C=C/CC/C=C/CC/C=C/C(O)C(COC1OC(CO)C(OC2OC(CO)C(OC3OC(CO)C(O)C(O)C3O)C(O)C2O)C(O)C1O)NC(=O)CCCCCCCCCCCCC. The lowest BCUT2D eigenvalue weighted by Crippen LogP contribution is -2.66. The molecule has 3 heterocycles. The van der Waals surface area contributed by atoms with Crippen LogP contribution < -0.4 is 5.32 Å². The summed E-state index contributed by atoms with van der Waals surface area (Å²) in [7, 11) is 0. The first-order valence-corrected chi connectivity index (χ1v) is 32.7. The van der Waals surface area contributed by atoms with E-state index in [0.29, 0.717) is 12.8 Å². The minimum absolute atomic E-state index is 0.234. The molecule has 17 atom stereocenters. The molecular formula is C64H117NO18. The Bertz CT molecular complexity index is 1660. The van der Waals surface area contributed by atoms with Gasteiger partial charge in [0.25, 0.3) is 0 Å². The normalized spacial score (nSPS) is 29.6. The standard InChI is InChI=1S/C64H117NO18/c1-3-5-7-9-11-13-15-16-17-18-19-20-21-22-23-24-25-26-27-28-29-30-32-33-35-37-39-41-48(69)47(65-52(70)42-40-38-36-34-31-14-12-10-8-6-4-2)46-78-62-58(76)55(73)60(50(44-67)80-62)83-64-59(77)56(74)61(51(45-68)81-64)82-63-57(75)54(72)53(71)49(43-66)79-63/h27-28,32-33,39,41,47-51,53-64,66-69,71-77H,3-26,29-31,34-38,40,42-46H2,1-2H3,(H,65,70)/b28-27+,33-32+,41-39+. The monoisotopic (exact) mass is 1190 g/mol. The molecule has 0 aliphatic carbocycles. The van der Waals surface area contributed by atoms with E-state index in [9.17, 15) is 61.0 Å². The van der Waals surface area contributed by atoms with Crippen LogP contribution in [0.25, 0.3) is 0 Å². The number of hydrogen-bond acceptors (Lipinski definition) is 18. The van der Waals surface area contributed by atoms with Crippen LogP contribution in [0.15, 0.2) is 36.5 Å². The summed E-state index contributed by atoms with van der Waals surface area (Å²) in [6.07, 6.45) is 25.8. The van der Waals surface area contributed by atoms with E-state index in [0.717, 1.165) is 44.9 Å². The van der Waals surface area contributed by atoms with Crippen molar-refractivity contribution in [3.8, 4) is 0 Å². The number of nitrogens with one attached hydrogen (secondary N) is 1. The van der Waals surface area contributed by atoms with Gasteiger partial charge in [-0.05, 0) is 44.9 Å². The number of amides is 1. The molecule has 0 spiro atoms. The van der Waals surface area contributed by atoms with Gasteiger partial charge in [-0.15, -0.1) is 0 Å². The van der Waals surface area contributed by atoms with E-state index in [-0.39, 0.29) is 18.9 Å². The Morgan fingerprint density at radius 1 is 0.422 bits per heavy atom. The van der Waals surface area contributed by atoms with Gasteiger partial charge >= 0.3 is 0 Å². The lowest BCUT2D eigenvalue weighted by molar-refractivity contribution is -0.379. The number of unbranched alkanes of at least 4 members (excludes halogenated alkanes) is 29. The molecule has 1 amide bonds. The van der Waals surface area contributed by atoms with Crippen molar-refractivity contribution in [1.82, 2.24) is 5.32 Å². The third-order valence-corrected chi connectivity index (χ3v) is 16.4. The molecule has 0 radical (unpaired) electrons. The summed E-state index contributed by atoms with van der Waals surface area (Å²) >= 11 is 0. The van der Waals surface area contributed by atoms with Gasteiger partial charge in [0.1, 0.15) is 73.2 Å². The predicted molar refractivity (Wildman–Crippen MR) is 319 cm³/mol. The zero-order valence-corrected chi connectivity index (χ0v) is 50.9. The second-order valence-electron chi connectivity index (χ2n) is 23.6. The fourth-order valence-electron chi connectivity index (χ4n) is 11.0. The Morgan fingerprint density at radius 3 is 1.20 bits per heavy atom. The maximum Gasteiger partial charge on any atom is 0.220 e. The van der Waals surface area contributed by atoms with Crippen LogP contribution >= 0.6 is 0 Å². The van der Waals surface area contributed by atoms with Crippen molar-refractivity contribution in [2.45, 2.75) is 336 Å². The number of aliphatic hydroxyl groups is 11. The molecule has 3 aliphatic heterocycles. The van der Waals surface area contributed by atoms with Gasteiger partial charge in [-0.3, -0.25) is 4.79 Å². The second kappa shape index (κ2) is 47.1. The van der Waals surface area contributed by atoms with Gasteiger partial charge in [0, 0.05) is 6.42 Å². The smallest absolute Gasteiger partial charge is 0.220 e. The molecule has 3 aliphatic rings. The molecule has 0 aromatic heterocycles. The molecule has 0 bridgehead atoms. The molecule has 3 saturated heterocycles. The van der Waals surface area contributed by atoms with Gasteiger partial charge in [-0.25, -0.2) is 0 Å². The van der Waals surface area contributed by atoms with E-state index >= 15 is 0 Å². The highest BCUT2D eigenvalue weighted by atomic mass is 16.8. The summed E-state index contributed by atoms with van der Waals surface area (Å²) in [6.45, 7) is 1.69. The lowest BCUT2D eigenvalue weighted by atomic mass is 9.96. The number of rotatable bonds is 49. The van der Waals surface area contributed by atoms with Gasteiger partial charge in [0.2, 0.25) is 5.91 Å². The number of allylic oxidation sites excluding steroid dienone is 5. The molecule has 3 rings (SSSR count). The van der Waals surface area contributed by atoms with Crippen LogP contribution in [0.1, 0.15) is 232 Å². The molecule has 3 fully saturated rings. The molecule has 0 aromatic rings. The summed E-state index contributed by atoms with van der Waals surface area (Å²) in [4.78, 5) is 13.3. The van der Waals surface area contributed by atoms with Crippen molar-refractivity contribution in [3.05, 3.63) is 36.5 Å². The topological polar surface area (TPSA) is 307 Å². The van der Waals surface area contributed by atoms with Crippen LogP contribution in [-0.2, 0) is 33.2 Å². The fraction of sp³-hybridized carbons (Fsp3) is 0.891. The Morgan fingerprint density at radius 2 is 0.771 bits per heavy atom. The molecule has 19 nitrogen and oxygen atoms in total. The molecule has 19 heteroatoms. The summed E-state index contributed by atoms with van der Waals surface area (Å²) in [5.41, 5.74) is 0. The average Bonchev–Trinajstić information content (AvgIpc) is 3.69. The number of hydrogen-bond donors (Lipinski definition) is 12. The summed E-state index contributed by atoms with van der Waals surface area (Å²) in [5, 5.41) is 120. The van der Waals surface area contributed by atoms with Crippen molar-refractivity contribution >= 4 is 5.91 Å². The first-order valence-electron chi connectivity index (χ1n) is 32.7. The summed E-state index contributed by atoms with van der Waals surface area (Å²) in [6, 6.07) is -0.992. The first kappa shape index (κ1) is 75.3. The highest BCUT2D eigenvalue weighted by Crippen LogP contribution is 2.33. The lowest BCUT2D eigenvalue weighted by Gasteiger charge is -2.48. The first-order chi connectivity index (χ1) is 40.3. The van der Waals surface area contributed by atoms with E-state index in [4.69, 9.17) is 28.4 Å². The Hall–Kier alpha value is -1.99. The van der Waals surface area contributed by atoms with Gasteiger partial charge in [0.05, 0.1) is 38.6 Å². The minimum Gasteiger partial charge on any atom is -0.394 e. The molecular weight excluding hydrogens is 1070 g/mol. The minimum atomic E-state index is -1.98. The van der Waals surface area contributed by atoms with Crippen LogP contribution in [0.2, 0.25) is 0 Å². The maximum absolute atomic E-state index is 13.3. The zero-order chi connectivity index (χ0) is 60.5. The molecule has 17 unspecified atom stereocenters. The summed E-state index contributed by atoms with van der Waals surface area (Å²) in [5.74, 6) is -0.290. The van der Waals surface area contributed by atoms with Crippen molar-refractivity contribution < 1.29 is 89.4 Å². The van der Waals surface area contributed by atoms with Gasteiger partial charge in [-0.2, -0.15) is 0 Å². The molecule has 12 N–H and O–H groups in total. The van der Waals surface area contributed by atoms with E-state index in [1.54, 1.807) is 6.08 Å². The number of aliphatic hydroxyl groups excluding tert-OH is 11. The average molecular weight is 1190 g/mol. The maximum atomic E-state index is 13.3. The van der Waals surface area contributed by atoms with E-state index in [2.05, 4.69) is 43.5 Å². The third-order valence-electron chi connectivity index (χ3n) is 16.4. The van der Waals surface area contributed by atoms with Gasteiger partial charge in [0.15, 0.2) is 18.9 Å². The van der Waals surface area contributed by atoms with Crippen LogP contribution in [0.4, 0.5) is 0 Å². The highest BCUT2D eigenvalue weighted by Gasteiger charge is 2.53. The van der Waals surface area contributed by atoms with Crippen LogP contribution in [0.5, 0.6) is 0 Å². The largest absolute Gasteiger partial charge is 0.394 e. The third kappa shape index (κ3) is 30.2. The van der Waals surface area contributed by atoms with Crippen molar-refractivity contribution in [2.75, 3.05) is 26.4 Å². The fourth-order valence-corrected chi connectivity index (χ4v) is 11.0. The van der Waals surface area contributed by atoms with Crippen molar-refractivity contribution in [1.29, 1.82) is 0 Å². The zero-order valence-electron chi connectivity index (χ0n) is 50.9. The van der Waals surface area contributed by atoms with Crippen LogP contribution in [0.3, 0.4) is 0 Å². The van der Waals surface area contributed by atoms with Crippen molar-refractivity contribution in [3.63, 3.8) is 0 Å². The number of carbonyl (C=O) groups excluding carboxylic acids is 1. The van der Waals surface area contributed by atoms with Crippen molar-refractivity contribution in [2.24, 2.45) is 0 Å². The Labute approximate surface area is 498 Å². The molecule has 0 saturated carbocycles. The second-order valence-corrected chi connectivity index (χ2v) is 23.6. The molecule has 83 heavy (non-hydrogen) atoms. The number of carbonyl (C=O) groups is 1. The predicted octanol–water partition coefficient (Wildman–Crippen LogP) is 7.27. The Balaban J connectivity index is 1.45. The Kier molecular flexibility index (Phi) is 42.7. The van der Waals surface area contributed by atoms with E-state index < -0.39 is 124 Å². The van der Waals surface area contributed by atoms with Gasteiger partial charge in [-0.1, -0.05) is 217 Å². The summed E-state index contributed by atoms with van der Waals surface area (Å²) < 4.78 is 34.2. The molecule has 486 valence electrons. The highest BCUT2D eigenvalue weighted by molar-refractivity contribution is 5.76. The van der Waals surface area contributed by atoms with E-state index in [1.807, 2.05) is 6.08 Å². The van der Waals surface area contributed by atoms with Gasteiger partial charge < -0.3 is 89.9 Å². The van der Waals surface area contributed by atoms with Crippen LogP contribution in [-0.4, -0.2) is 193 Å². The number of ether oxygens (including phenoxy) is 6.